The Kier molecular flexibility index (Phi) is 2.67. The number of carbonyl (C=O) groups is 1. The molecule has 0 bridgehead atoms. The first-order valence-corrected chi connectivity index (χ1v) is 5.32. The molecule has 2 aliphatic rings. The number of carbonyl (C=O) groups excluding carboxylic acids is 1. The lowest BCUT2D eigenvalue weighted by molar-refractivity contribution is -0.116. The summed E-state index contributed by atoms with van der Waals surface area (Å²) in [5.41, 5.74) is 1.33. The summed E-state index contributed by atoms with van der Waals surface area (Å²) in [6.45, 7) is 0.891. The molecular formula is C11H17NO. The summed E-state index contributed by atoms with van der Waals surface area (Å²) in [5.74, 6) is 0.894. The Morgan fingerprint density at radius 3 is 2.62 bits per heavy atom. The number of hydrogen-bond acceptors (Lipinski definition) is 1. The van der Waals surface area contributed by atoms with Crippen LogP contribution in [0.3, 0.4) is 0 Å². The zero-order chi connectivity index (χ0) is 9.10. The Bertz CT molecular complexity index is 222. The number of nitrogens with one attached hydrogen (secondary N) is 1. The fraction of sp³-hybridized carbons (Fsp3) is 0.727. The van der Waals surface area contributed by atoms with Crippen LogP contribution in [-0.2, 0) is 4.79 Å². The molecular weight excluding hydrogens is 162 g/mol. The van der Waals surface area contributed by atoms with Crippen LogP contribution in [0.2, 0.25) is 0 Å². The van der Waals surface area contributed by atoms with Gasteiger partial charge in [0.25, 0.3) is 0 Å². The van der Waals surface area contributed by atoms with E-state index in [-0.39, 0.29) is 5.91 Å². The summed E-state index contributed by atoms with van der Waals surface area (Å²) in [4.78, 5) is 11.3. The second-order valence-electron chi connectivity index (χ2n) is 4.20. The van der Waals surface area contributed by atoms with Crippen LogP contribution in [0, 0.1) is 5.92 Å². The third kappa shape index (κ3) is 2.33. The Labute approximate surface area is 79.4 Å². The highest BCUT2D eigenvalue weighted by atomic mass is 16.1. The van der Waals surface area contributed by atoms with Gasteiger partial charge in [-0.15, -0.1) is 0 Å². The molecule has 0 saturated heterocycles. The molecule has 0 aromatic carbocycles. The lowest BCUT2D eigenvalue weighted by Crippen LogP contribution is -2.31. The number of rotatable bonds is 3. The smallest absolute Gasteiger partial charge is 0.243 e. The maximum atomic E-state index is 11.3. The van der Waals surface area contributed by atoms with Crippen molar-refractivity contribution in [3.8, 4) is 0 Å². The molecule has 2 aliphatic carbocycles. The molecule has 0 unspecified atom stereocenters. The average molecular weight is 179 g/mol. The monoisotopic (exact) mass is 179 g/mol. The average Bonchev–Trinajstić information content (AvgIpc) is 1.94. The van der Waals surface area contributed by atoms with E-state index in [1.165, 1.54) is 31.3 Å². The Morgan fingerprint density at radius 1 is 1.38 bits per heavy atom. The van der Waals surface area contributed by atoms with Crippen molar-refractivity contribution in [2.75, 3.05) is 6.54 Å². The van der Waals surface area contributed by atoms with E-state index in [1.807, 2.05) is 0 Å². The summed E-state index contributed by atoms with van der Waals surface area (Å²) in [6, 6.07) is 0. The van der Waals surface area contributed by atoms with Gasteiger partial charge in [0.05, 0.1) is 0 Å². The van der Waals surface area contributed by atoms with E-state index < -0.39 is 0 Å². The van der Waals surface area contributed by atoms with Crippen molar-refractivity contribution in [1.82, 2.24) is 5.32 Å². The number of hydrogen-bond donors (Lipinski definition) is 1. The molecule has 0 aromatic rings. The van der Waals surface area contributed by atoms with Crippen molar-refractivity contribution >= 4 is 5.91 Å². The van der Waals surface area contributed by atoms with Gasteiger partial charge in [0.2, 0.25) is 5.91 Å². The third-order valence-corrected chi connectivity index (χ3v) is 3.12. The maximum absolute atomic E-state index is 11.3. The van der Waals surface area contributed by atoms with Crippen molar-refractivity contribution in [3.63, 3.8) is 0 Å². The molecule has 0 atom stereocenters. The minimum absolute atomic E-state index is 0.126. The first-order chi connectivity index (χ1) is 6.34. The van der Waals surface area contributed by atoms with Crippen LogP contribution in [-0.4, -0.2) is 12.5 Å². The van der Waals surface area contributed by atoms with E-state index in [0.717, 1.165) is 25.3 Å². The van der Waals surface area contributed by atoms with Gasteiger partial charge in [0.15, 0.2) is 0 Å². The van der Waals surface area contributed by atoms with Gasteiger partial charge in [-0.1, -0.05) is 12.0 Å². The zero-order valence-electron chi connectivity index (χ0n) is 8.01. The summed E-state index contributed by atoms with van der Waals surface area (Å²) in [6.07, 6.45) is 9.28. The van der Waals surface area contributed by atoms with Crippen LogP contribution in [0.4, 0.5) is 0 Å². The highest BCUT2D eigenvalue weighted by molar-refractivity contribution is 5.88. The van der Waals surface area contributed by atoms with Crippen LogP contribution in [0.5, 0.6) is 0 Å². The largest absolute Gasteiger partial charge is 0.352 e. The van der Waals surface area contributed by atoms with Gasteiger partial charge in [-0.25, -0.2) is 0 Å². The van der Waals surface area contributed by atoms with Gasteiger partial charge in [-0.2, -0.15) is 0 Å². The van der Waals surface area contributed by atoms with Crippen LogP contribution >= 0.6 is 0 Å². The first-order valence-electron chi connectivity index (χ1n) is 5.32. The summed E-state index contributed by atoms with van der Waals surface area (Å²) >= 11 is 0. The lowest BCUT2D eigenvalue weighted by atomic mass is 9.85. The molecule has 1 N–H and O–H groups in total. The molecule has 2 saturated carbocycles. The van der Waals surface area contributed by atoms with Crippen molar-refractivity contribution in [3.05, 3.63) is 11.6 Å². The second kappa shape index (κ2) is 3.95. The van der Waals surface area contributed by atoms with Crippen LogP contribution in [0.25, 0.3) is 0 Å². The van der Waals surface area contributed by atoms with Crippen molar-refractivity contribution < 1.29 is 4.79 Å². The maximum Gasteiger partial charge on any atom is 0.243 e. The van der Waals surface area contributed by atoms with Gasteiger partial charge >= 0.3 is 0 Å². The zero-order valence-corrected chi connectivity index (χ0v) is 8.01. The number of amides is 1. The van der Waals surface area contributed by atoms with Crippen LogP contribution < -0.4 is 5.32 Å². The Morgan fingerprint density at radius 2 is 2.15 bits per heavy atom. The quantitative estimate of drug-likeness (QED) is 0.660. The standard InChI is InChI=1S/C11H17NO/c13-11(7-9-3-1-4-9)12-8-10-5-2-6-10/h7,10H,1-6,8H2,(H,12,13). The van der Waals surface area contributed by atoms with Gasteiger partial charge in [0, 0.05) is 12.6 Å². The second-order valence-corrected chi connectivity index (χ2v) is 4.20. The molecule has 72 valence electrons. The van der Waals surface area contributed by atoms with E-state index in [1.54, 1.807) is 6.08 Å². The molecule has 2 heteroatoms. The van der Waals surface area contributed by atoms with Crippen molar-refractivity contribution in [1.29, 1.82) is 0 Å². The van der Waals surface area contributed by atoms with E-state index >= 15 is 0 Å². The summed E-state index contributed by atoms with van der Waals surface area (Å²) in [7, 11) is 0. The fourth-order valence-corrected chi connectivity index (χ4v) is 1.70. The molecule has 0 aromatic heterocycles. The molecule has 0 spiro atoms. The third-order valence-electron chi connectivity index (χ3n) is 3.12. The Balaban J connectivity index is 1.65. The van der Waals surface area contributed by atoms with Gasteiger partial charge in [0.1, 0.15) is 0 Å². The van der Waals surface area contributed by atoms with E-state index in [2.05, 4.69) is 5.32 Å². The molecule has 13 heavy (non-hydrogen) atoms. The predicted molar refractivity (Wildman–Crippen MR) is 52.3 cm³/mol. The van der Waals surface area contributed by atoms with Crippen LogP contribution in [0.1, 0.15) is 38.5 Å². The molecule has 2 rings (SSSR count). The minimum atomic E-state index is 0.126. The van der Waals surface area contributed by atoms with Crippen LogP contribution in [0.15, 0.2) is 11.6 Å². The molecule has 1 amide bonds. The molecule has 0 heterocycles. The van der Waals surface area contributed by atoms with Gasteiger partial charge < -0.3 is 5.32 Å². The van der Waals surface area contributed by atoms with Gasteiger partial charge in [-0.3, -0.25) is 4.79 Å². The number of allylic oxidation sites excluding steroid dienone is 1. The predicted octanol–water partition coefficient (Wildman–Crippen LogP) is 2.01. The normalized spacial score (nSPS) is 21.7. The highest BCUT2D eigenvalue weighted by Crippen LogP contribution is 2.26. The first kappa shape index (κ1) is 8.79. The fourth-order valence-electron chi connectivity index (χ4n) is 1.70. The lowest BCUT2D eigenvalue weighted by Gasteiger charge is -2.25. The Hall–Kier alpha value is -0.790. The highest BCUT2D eigenvalue weighted by Gasteiger charge is 2.17. The van der Waals surface area contributed by atoms with Crippen molar-refractivity contribution in [2.24, 2.45) is 5.92 Å². The SMILES string of the molecule is O=C(C=C1CCC1)NCC1CCC1. The summed E-state index contributed by atoms with van der Waals surface area (Å²) < 4.78 is 0. The van der Waals surface area contributed by atoms with E-state index in [0.29, 0.717) is 0 Å². The van der Waals surface area contributed by atoms with E-state index in [9.17, 15) is 4.79 Å². The molecule has 2 fully saturated rings. The van der Waals surface area contributed by atoms with Crippen molar-refractivity contribution in [2.45, 2.75) is 38.5 Å². The topological polar surface area (TPSA) is 29.1 Å². The van der Waals surface area contributed by atoms with E-state index in [4.69, 9.17) is 0 Å². The molecule has 0 aliphatic heterocycles. The van der Waals surface area contributed by atoms with Gasteiger partial charge in [-0.05, 0) is 38.0 Å². The summed E-state index contributed by atoms with van der Waals surface area (Å²) in [5, 5.41) is 2.97. The molecule has 0 radical (unpaired) electrons. The minimum Gasteiger partial charge on any atom is -0.352 e. The molecule has 2 nitrogen and oxygen atoms in total.